The van der Waals surface area contributed by atoms with Gasteiger partial charge in [-0.2, -0.15) is 0 Å². The van der Waals surface area contributed by atoms with Crippen LogP contribution in [-0.4, -0.2) is 49.2 Å². The molecule has 1 fully saturated rings. The Morgan fingerprint density at radius 2 is 1.75 bits per heavy atom. The van der Waals surface area contributed by atoms with Crippen molar-refractivity contribution in [3.05, 3.63) is 0 Å². The number of hydrogen-bond donors (Lipinski definition) is 2. The summed E-state index contributed by atoms with van der Waals surface area (Å²) in [6.07, 6.45) is -0.309. The molecule has 1 heterocycles. The van der Waals surface area contributed by atoms with Gasteiger partial charge in [0.25, 0.3) is 5.91 Å². The van der Waals surface area contributed by atoms with Gasteiger partial charge in [0.15, 0.2) is 12.2 Å². The topological polar surface area (TPSA) is 97.0 Å². The van der Waals surface area contributed by atoms with Crippen LogP contribution >= 0.6 is 0 Å². The van der Waals surface area contributed by atoms with Gasteiger partial charge in [0.1, 0.15) is 6.04 Å². The van der Waals surface area contributed by atoms with Gasteiger partial charge >= 0.3 is 5.97 Å². The fraction of sp³-hybridized carbons (Fsp3) is 0.824. The van der Waals surface area contributed by atoms with E-state index < -0.39 is 30.1 Å². The average Bonchev–Trinajstić information content (AvgIpc) is 3.26. The Bertz CT molecular complexity index is 450. The van der Waals surface area contributed by atoms with E-state index >= 15 is 0 Å². The monoisotopic (exact) mass is 342 g/mol. The van der Waals surface area contributed by atoms with Crippen molar-refractivity contribution in [3.63, 3.8) is 0 Å². The van der Waals surface area contributed by atoms with Gasteiger partial charge in [0.2, 0.25) is 5.91 Å². The SMILES string of the molecule is CCOC(=O)[C@@H]1O[C@H]1C(=O)N[C@@H](CC(C)C)C(=O)NCCC(C)C. The molecule has 0 aliphatic carbocycles. The van der Waals surface area contributed by atoms with E-state index in [1.807, 2.05) is 13.8 Å². The van der Waals surface area contributed by atoms with Gasteiger partial charge in [-0.25, -0.2) is 4.79 Å². The normalized spacial score (nSPS) is 20.6. The van der Waals surface area contributed by atoms with Gasteiger partial charge in [-0.05, 0) is 31.6 Å². The molecule has 7 nitrogen and oxygen atoms in total. The molecule has 1 saturated heterocycles. The highest BCUT2D eigenvalue weighted by atomic mass is 16.6. The second-order valence-electron chi connectivity index (χ2n) is 6.89. The van der Waals surface area contributed by atoms with Crippen molar-refractivity contribution in [1.29, 1.82) is 0 Å². The van der Waals surface area contributed by atoms with Gasteiger partial charge < -0.3 is 20.1 Å². The van der Waals surface area contributed by atoms with Crippen LogP contribution in [0, 0.1) is 11.8 Å². The van der Waals surface area contributed by atoms with E-state index in [2.05, 4.69) is 24.5 Å². The van der Waals surface area contributed by atoms with Crippen molar-refractivity contribution < 1.29 is 23.9 Å². The summed E-state index contributed by atoms with van der Waals surface area (Å²) in [4.78, 5) is 36.0. The van der Waals surface area contributed by atoms with Crippen LogP contribution in [0.1, 0.15) is 47.5 Å². The van der Waals surface area contributed by atoms with Crippen LogP contribution in [0.2, 0.25) is 0 Å². The van der Waals surface area contributed by atoms with Crippen molar-refractivity contribution in [1.82, 2.24) is 10.6 Å². The largest absolute Gasteiger partial charge is 0.464 e. The van der Waals surface area contributed by atoms with Gasteiger partial charge in [-0.3, -0.25) is 9.59 Å². The molecule has 0 aromatic heterocycles. The summed E-state index contributed by atoms with van der Waals surface area (Å²) < 4.78 is 9.89. The lowest BCUT2D eigenvalue weighted by Gasteiger charge is -2.20. The van der Waals surface area contributed by atoms with E-state index in [0.717, 1.165) is 6.42 Å². The third-order valence-corrected chi connectivity index (χ3v) is 3.63. The second kappa shape index (κ2) is 9.61. The smallest absolute Gasteiger partial charge is 0.338 e. The molecule has 0 saturated carbocycles. The van der Waals surface area contributed by atoms with Gasteiger partial charge in [-0.1, -0.05) is 27.7 Å². The molecule has 2 amide bonds. The Morgan fingerprint density at radius 1 is 1.08 bits per heavy atom. The molecule has 1 aliphatic rings. The van der Waals surface area contributed by atoms with Crippen LogP contribution in [0.4, 0.5) is 0 Å². The summed E-state index contributed by atoms with van der Waals surface area (Å²) in [5.41, 5.74) is 0. The fourth-order valence-electron chi connectivity index (χ4n) is 2.28. The minimum absolute atomic E-state index is 0.203. The predicted octanol–water partition coefficient (Wildman–Crippen LogP) is 1.01. The number of rotatable bonds is 10. The number of carbonyl (C=O) groups excluding carboxylic acids is 3. The predicted molar refractivity (Wildman–Crippen MR) is 89.1 cm³/mol. The standard InChI is InChI=1S/C17H30N2O5/c1-6-23-17(22)14-13(24-14)16(21)19-12(9-11(4)5)15(20)18-8-7-10(2)3/h10-14H,6-9H2,1-5H3,(H,18,20)(H,19,21)/t12-,13+,14+/m0/s1. The van der Waals surface area contributed by atoms with E-state index in [4.69, 9.17) is 9.47 Å². The third kappa shape index (κ3) is 6.86. The zero-order chi connectivity index (χ0) is 18.3. The van der Waals surface area contributed by atoms with Crippen molar-refractivity contribution >= 4 is 17.8 Å². The summed E-state index contributed by atoms with van der Waals surface area (Å²) in [5, 5.41) is 5.54. The van der Waals surface area contributed by atoms with E-state index in [9.17, 15) is 14.4 Å². The first-order valence-electron chi connectivity index (χ1n) is 8.66. The van der Waals surface area contributed by atoms with Crippen LogP contribution in [0.15, 0.2) is 0 Å². The Balaban J connectivity index is 2.52. The molecule has 1 rings (SSSR count). The molecule has 0 unspecified atom stereocenters. The van der Waals surface area contributed by atoms with E-state index in [1.54, 1.807) is 6.92 Å². The first-order valence-corrected chi connectivity index (χ1v) is 8.66. The Hall–Kier alpha value is -1.63. The zero-order valence-electron chi connectivity index (χ0n) is 15.3. The minimum atomic E-state index is -0.859. The van der Waals surface area contributed by atoms with Crippen molar-refractivity contribution in [2.45, 2.75) is 65.7 Å². The van der Waals surface area contributed by atoms with Gasteiger partial charge in [0, 0.05) is 6.54 Å². The van der Waals surface area contributed by atoms with E-state index in [1.165, 1.54) is 0 Å². The van der Waals surface area contributed by atoms with E-state index in [0.29, 0.717) is 18.9 Å². The Kier molecular flexibility index (Phi) is 8.18. The van der Waals surface area contributed by atoms with Crippen LogP contribution in [-0.2, 0) is 23.9 Å². The maximum Gasteiger partial charge on any atom is 0.338 e. The van der Waals surface area contributed by atoms with Crippen LogP contribution in [0.5, 0.6) is 0 Å². The molecule has 3 atom stereocenters. The lowest BCUT2D eigenvalue weighted by atomic mass is 10.0. The molecule has 1 aliphatic heterocycles. The van der Waals surface area contributed by atoms with Crippen molar-refractivity contribution in [3.8, 4) is 0 Å². The number of esters is 1. The Morgan fingerprint density at radius 3 is 2.29 bits per heavy atom. The quantitative estimate of drug-likeness (QED) is 0.456. The summed E-state index contributed by atoms with van der Waals surface area (Å²) in [7, 11) is 0. The average molecular weight is 342 g/mol. The molecule has 0 aromatic rings. The number of epoxide rings is 1. The highest BCUT2D eigenvalue weighted by molar-refractivity contribution is 5.95. The van der Waals surface area contributed by atoms with Gasteiger partial charge in [0.05, 0.1) is 6.61 Å². The first kappa shape index (κ1) is 20.4. The lowest BCUT2D eigenvalue weighted by molar-refractivity contribution is -0.144. The molecule has 138 valence electrons. The number of amides is 2. The fourth-order valence-corrected chi connectivity index (χ4v) is 2.28. The first-order chi connectivity index (χ1) is 11.3. The molecule has 2 N–H and O–H groups in total. The summed E-state index contributed by atoms with van der Waals surface area (Å²) in [6, 6.07) is -0.628. The van der Waals surface area contributed by atoms with Gasteiger partial charge in [-0.15, -0.1) is 0 Å². The molecular formula is C17H30N2O5. The number of nitrogens with one attached hydrogen (secondary N) is 2. The zero-order valence-corrected chi connectivity index (χ0v) is 15.3. The maximum atomic E-state index is 12.3. The third-order valence-electron chi connectivity index (χ3n) is 3.63. The van der Waals surface area contributed by atoms with Crippen molar-refractivity contribution in [2.75, 3.05) is 13.2 Å². The van der Waals surface area contributed by atoms with Crippen molar-refractivity contribution in [2.24, 2.45) is 11.8 Å². The number of carbonyl (C=O) groups is 3. The number of ether oxygens (including phenoxy) is 2. The van der Waals surface area contributed by atoms with Crippen LogP contribution in [0.3, 0.4) is 0 Å². The van der Waals surface area contributed by atoms with Crippen LogP contribution < -0.4 is 10.6 Å². The lowest BCUT2D eigenvalue weighted by Crippen LogP contribution is -2.49. The number of hydrogen-bond acceptors (Lipinski definition) is 5. The van der Waals surface area contributed by atoms with E-state index in [-0.39, 0.29) is 18.4 Å². The minimum Gasteiger partial charge on any atom is -0.464 e. The highest BCUT2D eigenvalue weighted by Crippen LogP contribution is 2.24. The second-order valence-corrected chi connectivity index (χ2v) is 6.89. The maximum absolute atomic E-state index is 12.3. The molecular weight excluding hydrogens is 312 g/mol. The molecule has 0 aromatic carbocycles. The molecule has 0 bridgehead atoms. The summed E-state index contributed by atoms with van der Waals surface area (Å²) >= 11 is 0. The molecule has 0 spiro atoms. The van der Waals surface area contributed by atoms with Crippen LogP contribution in [0.25, 0.3) is 0 Å². The molecule has 0 radical (unpaired) electrons. The molecule has 24 heavy (non-hydrogen) atoms. The molecule has 7 heteroatoms. The highest BCUT2D eigenvalue weighted by Gasteiger charge is 2.52. The summed E-state index contributed by atoms with van der Waals surface area (Å²) in [5.74, 6) is -0.455. The Labute approximate surface area is 143 Å². The summed E-state index contributed by atoms with van der Waals surface area (Å²) in [6.45, 7) is 10.6.